The predicted octanol–water partition coefficient (Wildman–Crippen LogP) is 1.87. The van der Waals surface area contributed by atoms with Crippen molar-refractivity contribution < 1.29 is 13.3 Å². The van der Waals surface area contributed by atoms with Crippen molar-refractivity contribution in [2.24, 2.45) is 0 Å². The summed E-state index contributed by atoms with van der Waals surface area (Å²) in [4.78, 5) is 9.97. The van der Waals surface area contributed by atoms with Gasteiger partial charge in [0.15, 0.2) is 0 Å². The molecule has 20 heavy (non-hydrogen) atoms. The minimum absolute atomic E-state index is 0.217. The Hall–Kier alpha value is -1.98. The molecule has 7 nitrogen and oxygen atoms in total. The molecule has 8 heteroatoms. The summed E-state index contributed by atoms with van der Waals surface area (Å²) >= 11 is 0. The maximum atomic E-state index is 12.1. The first kappa shape index (κ1) is 16.1. The molecule has 0 bridgehead atoms. The summed E-state index contributed by atoms with van der Waals surface area (Å²) in [7, 11) is -3.94. The van der Waals surface area contributed by atoms with Gasteiger partial charge >= 0.3 is 0 Å². The van der Waals surface area contributed by atoms with E-state index in [9.17, 15) is 18.5 Å². The molecule has 0 spiro atoms. The van der Waals surface area contributed by atoms with Crippen LogP contribution in [0.15, 0.2) is 23.1 Å². The number of rotatable bonds is 6. The number of aryl methyl sites for hydroxylation is 1. The molecule has 0 fully saturated rings. The van der Waals surface area contributed by atoms with E-state index in [0.717, 1.165) is 6.07 Å². The average molecular weight is 297 g/mol. The fraction of sp³-hybridized carbons (Fsp3) is 0.417. The van der Waals surface area contributed by atoms with Crippen LogP contribution in [-0.2, 0) is 10.0 Å². The van der Waals surface area contributed by atoms with Gasteiger partial charge in [0.1, 0.15) is 6.04 Å². The van der Waals surface area contributed by atoms with Gasteiger partial charge in [-0.05, 0) is 19.4 Å². The SMILES string of the molecule is CCCC(C#N)NS(=O)(=O)c1ccc(C)c([N+](=O)[O-])c1. The molecule has 1 N–H and O–H groups in total. The van der Waals surface area contributed by atoms with E-state index in [1.807, 2.05) is 13.0 Å². The van der Waals surface area contributed by atoms with E-state index in [1.54, 1.807) is 0 Å². The van der Waals surface area contributed by atoms with Crippen LogP contribution in [0.2, 0.25) is 0 Å². The minimum Gasteiger partial charge on any atom is -0.258 e. The summed E-state index contributed by atoms with van der Waals surface area (Å²) in [5.74, 6) is 0. The van der Waals surface area contributed by atoms with Gasteiger partial charge < -0.3 is 0 Å². The number of hydrogen-bond acceptors (Lipinski definition) is 5. The van der Waals surface area contributed by atoms with E-state index in [2.05, 4.69) is 4.72 Å². The first-order valence-corrected chi connectivity index (χ1v) is 7.47. The third kappa shape index (κ3) is 3.76. The molecule has 0 aromatic heterocycles. The number of nitrogens with one attached hydrogen (secondary N) is 1. The van der Waals surface area contributed by atoms with E-state index < -0.39 is 21.0 Å². The van der Waals surface area contributed by atoms with Gasteiger partial charge in [-0.3, -0.25) is 10.1 Å². The largest absolute Gasteiger partial charge is 0.273 e. The van der Waals surface area contributed by atoms with E-state index in [4.69, 9.17) is 5.26 Å². The maximum absolute atomic E-state index is 12.1. The van der Waals surface area contributed by atoms with Crippen LogP contribution < -0.4 is 4.72 Å². The third-order valence-corrected chi connectivity index (χ3v) is 4.19. The highest BCUT2D eigenvalue weighted by molar-refractivity contribution is 7.89. The molecule has 0 aliphatic rings. The lowest BCUT2D eigenvalue weighted by atomic mass is 10.2. The van der Waals surface area contributed by atoms with Crippen molar-refractivity contribution in [2.45, 2.75) is 37.6 Å². The Bertz CT molecular complexity index is 649. The molecule has 0 saturated heterocycles. The molecule has 1 atom stereocenters. The van der Waals surface area contributed by atoms with Crippen molar-refractivity contribution in [3.05, 3.63) is 33.9 Å². The topological polar surface area (TPSA) is 113 Å². The zero-order valence-corrected chi connectivity index (χ0v) is 12.0. The summed E-state index contributed by atoms with van der Waals surface area (Å²) in [5.41, 5.74) is 0.108. The Morgan fingerprint density at radius 2 is 2.15 bits per heavy atom. The number of nitrogens with zero attached hydrogens (tertiary/aromatic N) is 2. The summed E-state index contributed by atoms with van der Waals surface area (Å²) in [5, 5.41) is 19.7. The standard InChI is InChI=1S/C12H15N3O4S/c1-3-4-10(8-13)14-20(18,19)11-6-5-9(2)12(7-11)15(16)17/h5-7,10,14H,3-4H2,1-2H3. The molecule has 0 aliphatic heterocycles. The fourth-order valence-electron chi connectivity index (χ4n) is 1.65. The zero-order chi connectivity index (χ0) is 15.3. The maximum Gasteiger partial charge on any atom is 0.273 e. The normalized spacial score (nSPS) is 12.7. The van der Waals surface area contributed by atoms with Crippen molar-refractivity contribution in [3.63, 3.8) is 0 Å². The molecule has 1 unspecified atom stereocenters. The molecule has 0 saturated carbocycles. The Labute approximate surface area is 117 Å². The molecule has 1 aromatic carbocycles. The zero-order valence-electron chi connectivity index (χ0n) is 11.2. The Balaban J connectivity index is 3.13. The lowest BCUT2D eigenvalue weighted by molar-refractivity contribution is -0.385. The van der Waals surface area contributed by atoms with Gasteiger partial charge in [-0.1, -0.05) is 19.4 Å². The smallest absolute Gasteiger partial charge is 0.258 e. The summed E-state index contributed by atoms with van der Waals surface area (Å²) in [6.07, 6.45) is 1.03. The number of benzene rings is 1. The molecule has 0 amide bonds. The predicted molar refractivity (Wildman–Crippen MR) is 72.5 cm³/mol. The van der Waals surface area contributed by atoms with E-state index in [1.165, 1.54) is 19.1 Å². The number of nitro groups is 1. The third-order valence-electron chi connectivity index (χ3n) is 2.72. The molecule has 1 aromatic rings. The van der Waals surface area contributed by atoms with Crippen molar-refractivity contribution in [1.82, 2.24) is 4.72 Å². The highest BCUT2D eigenvalue weighted by Crippen LogP contribution is 2.22. The second-order valence-electron chi connectivity index (χ2n) is 4.30. The number of hydrogen-bond donors (Lipinski definition) is 1. The number of sulfonamides is 1. The molecule has 0 aliphatic carbocycles. The van der Waals surface area contributed by atoms with E-state index in [-0.39, 0.29) is 10.6 Å². The van der Waals surface area contributed by atoms with Crippen LogP contribution in [0.25, 0.3) is 0 Å². The number of nitro benzene ring substituents is 1. The molecular weight excluding hydrogens is 282 g/mol. The Morgan fingerprint density at radius 3 is 2.65 bits per heavy atom. The number of nitriles is 1. The summed E-state index contributed by atoms with van der Waals surface area (Å²) in [6, 6.07) is 4.66. The van der Waals surface area contributed by atoms with Crippen molar-refractivity contribution in [3.8, 4) is 6.07 Å². The van der Waals surface area contributed by atoms with Gasteiger partial charge in [-0.2, -0.15) is 9.98 Å². The van der Waals surface area contributed by atoms with Crippen LogP contribution in [-0.4, -0.2) is 19.4 Å². The van der Waals surface area contributed by atoms with Crippen LogP contribution in [0, 0.1) is 28.4 Å². The second-order valence-corrected chi connectivity index (χ2v) is 6.01. The van der Waals surface area contributed by atoms with E-state index >= 15 is 0 Å². The second kappa shape index (κ2) is 6.45. The monoisotopic (exact) mass is 297 g/mol. The van der Waals surface area contributed by atoms with Crippen LogP contribution in [0.3, 0.4) is 0 Å². The first-order chi connectivity index (χ1) is 9.31. The van der Waals surface area contributed by atoms with Crippen LogP contribution >= 0.6 is 0 Å². The van der Waals surface area contributed by atoms with Crippen LogP contribution in [0.4, 0.5) is 5.69 Å². The van der Waals surface area contributed by atoms with Gasteiger partial charge in [0.05, 0.1) is 15.9 Å². The summed E-state index contributed by atoms with van der Waals surface area (Å²) < 4.78 is 26.4. The van der Waals surface area contributed by atoms with Gasteiger partial charge in [0, 0.05) is 11.6 Å². The Morgan fingerprint density at radius 1 is 1.50 bits per heavy atom. The molecule has 0 radical (unpaired) electrons. The van der Waals surface area contributed by atoms with E-state index in [0.29, 0.717) is 18.4 Å². The van der Waals surface area contributed by atoms with Crippen LogP contribution in [0.5, 0.6) is 0 Å². The summed E-state index contributed by atoms with van der Waals surface area (Å²) in [6.45, 7) is 3.35. The molecule has 108 valence electrons. The molecule has 0 heterocycles. The van der Waals surface area contributed by atoms with Crippen molar-refractivity contribution in [2.75, 3.05) is 0 Å². The highest BCUT2D eigenvalue weighted by Gasteiger charge is 2.22. The lowest BCUT2D eigenvalue weighted by Crippen LogP contribution is -2.33. The quantitative estimate of drug-likeness (QED) is 0.636. The van der Waals surface area contributed by atoms with Gasteiger partial charge in [-0.25, -0.2) is 8.42 Å². The van der Waals surface area contributed by atoms with Gasteiger partial charge in [0.25, 0.3) is 5.69 Å². The average Bonchev–Trinajstić information content (AvgIpc) is 2.37. The van der Waals surface area contributed by atoms with Gasteiger partial charge in [-0.15, -0.1) is 0 Å². The minimum atomic E-state index is -3.94. The van der Waals surface area contributed by atoms with Crippen molar-refractivity contribution >= 4 is 15.7 Å². The van der Waals surface area contributed by atoms with Crippen molar-refractivity contribution in [1.29, 1.82) is 5.26 Å². The van der Waals surface area contributed by atoms with Crippen LogP contribution in [0.1, 0.15) is 25.3 Å². The lowest BCUT2D eigenvalue weighted by Gasteiger charge is -2.11. The van der Waals surface area contributed by atoms with Gasteiger partial charge in [0.2, 0.25) is 10.0 Å². The highest BCUT2D eigenvalue weighted by atomic mass is 32.2. The Kier molecular flexibility index (Phi) is 5.19. The first-order valence-electron chi connectivity index (χ1n) is 5.98. The molecular formula is C12H15N3O4S. The molecule has 1 rings (SSSR count). The fourth-order valence-corrected chi connectivity index (χ4v) is 2.84.